The molecule has 0 spiro atoms. The van der Waals surface area contributed by atoms with Crippen LogP contribution in [0.15, 0.2) is 79.1 Å². The van der Waals surface area contributed by atoms with Crippen LogP contribution in [0.4, 0.5) is 26.7 Å². The zero-order valence-corrected chi connectivity index (χ0v) is 18.2. The number of para-hydroxylation sites is 1. The zero-order chi connectivity index (χ0) is 22.9. The van der Waals surface area contributed by atoms with Crippen LogP contribution < -0.4 is 16.0 Å². The first-order valence-electron chi connectivity index (χ1n) is 11.0. The van der Waals surface area contributed by atoms with Gasteiger partial charge in [0.1, 0.15) is 0 Å². The molecule has 0 bridgehead atoms. The van der Waals surface area contributed by atoms with Gasteiger partial charge in [0.25, 0.3) is 0 Å². The molecule has 0 saturated carbocycles. The number of nitrogens with one attached hydrogen (secondary N) is 3. The maximum absolute atomic E-state index is 13.1. The minimum absolute atomic E-state index is 0.0297. The van der Waals surface area contributed by atoms with E-state index in [1.807, 2.05) is 30.3 Å². The highest BCUT2D eigenvalue weighted by Crippen LogP contribution is 2.19. The first kappa shape index (κ1) is 22.3. The fourth-order valence-electron chi connectivity index (χ4n) is 3.66. The monoisotopic (exact) mass is 445 g/mol. The highest BCUT2D eigenvalue weighted by Gasteiger charge is 2.23. The van der Waals surface area contributed by atoms with Crippen LogP contribution in [0.2, 0.25) is 0 Å². The average Bonchev–Trinajstić information content (AvgIpc) is 3.33. The van der Waals surface area contributed by atoms with Crippen LogP contribution in [0, 0.1) is 0 Å². The third-order valence-corrected chi connectivity index (χ3v) is 5.23. The number of carbonyl (C=O) groups excluding carboxylic acids is 2. The van der Waals surface area contributed by atoms with Crippen LogP contribution in [0.5, 0.6) is 0 Å². The number of hydrogen-bond acceptors (Lipinski definition) is 4. The van der Waals surface area contributed by atoms with Crippen molar-refractivity contribution < 1.29 is 14.3 Å². The van der Waals surface area contributed by atoms with Gasteiger partial charge in [-0.25, -0.2) is 9.59 Å². The summed E-state index contributed by atoms with van der Waals surface area (Å²) in [6.45, 7) is 1.65. The number of urea groups is 2. The van der Waals surface area contributed by atoms with Gasteiger partial charge in [0.2, 0.25) is 0 Å². The summed E-state index contributed by atoms with van der Waals surface area (Å²) in [4.78, 5) is 31.3. The van der Waals surface area contributed by atoms with E-state index in [9.17, 15) is 9.59 Å². The predicted molar refractivity (Wildman–Crippen MR) is 128 cm³/mol. The number of hydrogen-bond donors (Lipinski definition) is 3. The number of anilines is 3. The minimum atomic E-state index is -0.360. The molecular formula is C25H27N5O3. The van der Waals surface area contributed by atoms with E-state index in [1.54, 1.807) is 53.7 Å². The van der Waals surface area contributed by atoms with E-state index in [0.717, 1.165) is 25.0 Å². The quantitative estimate of drug-likeness (QED) is 0.480. The summed E-state index contributed by atoms with van der Waals surface area (Å²) in [6, 6.07) is 19.4. The number of pyridine rings is 1. The molecule has 0 aliphatic carbocycles. The summed E-state index contributed by atoms with van der Waals surface area (Å²) in [5.74, 6) is 0. The Morgan fingerprint density at radius 3 is 2.42 bits per heavy atom. The minimum Gasteiger partial charge on any atom is -0.376 e. The molecule has 3 aromatic rings. The molecule has 1 aliphatic rings. The van der Waals surface area contributed by atoms with E-state index >= 15 is 0 Å². The smallest absolute Gasteiger partial charge is 0.323 e. The molecule has 3 N–H and O–H groups in total. The van der Waals surface area contributed by atoms with E-state index in [0.29, 0.717) is 30.2 Å². The first-order chi connectivity index (χ1) is 16.2. The fraction of sp³-hybridized carbons (Fsp3) is 0.240. The van der Waals surface area contributed by atoms with Gasteiger partial charge in [-0.3, -0.25) is 4.98 Å². The summed E-state index contributed by atoms with van der Waals surface area (Å²) >= 11 is 0. The van der Waals surface area contributed by atoms with E-state index in [4.69, 9.17) is 4.74 Å². The third-order valence-electron chi connectivity index (χ3n) is 5.23. The van der Waals surface area contributed by atoms with Crippen molar-refractivity contribution in [2.45, 2.75) is 25.5 Å². The SMILES string of the molecule is O=C(Nc1ccccc1)Nc1cccc(NC(=O)N(Cc2cccnc2)CC2CCCO2)c1. The Kier molecular flexibility index (Phi) is 7.50. The highest BCUT2D eigenvalue weighted by atomic mass is 16.5. The zero-order valence-electron chi connectivity index (χ0n) is 18.2. The Hall–Kier alpha value is -3.91. The highest BCUT2D eigenvalue weighted by molar-refractivity contribution is 6.00. The van der Waals surface area contributed by atoms with Gasteiger partial charge in [-0.2, -0.15) is 0 Å². The fourth-order valence-corrected chi connectivity index (χ4v) is 3.66. The average molecular weight is 446 g/mol. The largest absolute Gasteiger partial charge is 0.376 e. The third kappa shape index (κ3) is 6.78. The Morgan fingerprint density at radius 2 is 1.70 bits per heavy atom. The van der Waals surface area contributed by atoms with Gasteiger partial charge in [-0.15, -0.1) is 0 Å². The molecule has 0 radical (unpaired) electrons. The molecule has 1 atom stereocenters. The number of carbonyl (C=O) groups is 2. The van der Waals surface area contributed by atoms with Gasteiger partial charge in [0, 0.05) is 49.2 Å². The van der Waals surface area contributed by atoms with Crippen molar-refractivity contribution in [1.82, 2.24) is 9.88 Å². The summed E-state index contributed by atoms with van der Waals surface area (Å²) in [5.41, 5.74) is 2.79. The van der Waals surface area contributed by atoms with E-state index in [-0.39, 0.29) is 18.2 Å². The Balaban J connectivity index is 1.40. The van der Waals surface area contributed by atoms with Gasteiger partial charge in [-0.1, -0.05) is 30.3 Å². The molecule has 170 valence electrons. The number of aromatic nitrogens is 1. The van der Waals surface area contributed by atoms with Gasteiger partial charge >= 0.3 is 12.1 Å². The maximum atomic E-state index is 13.1. The number of rotatable bonds is 7. The second kappa shape index (κ2) is 11.1. The number of nitrogens with zero attached hydrogens (tertiary/aromatic N) is 2. The van der Waals surface area contributed by atoms with Crippen molar-refractivity contribution in [1.29, 1.82) is 0 Å². The molecule has 8 heteroatoms. The summed E-state index contributed by atoms with van der Waals surface area (Å²) in [7, 11) is 0. The molecule has 1 fully saturated rings. The van der Waals surface area contributed by atoms with E-state index in [1.165, 1.54) is 0 Å². The molecule has 2 aromatic carbocycles. The molecule has 4 amide bonds. The molecule has 4 rings (SSSR count). The van der Waals surface area contributed by atoms with Crippen molar-refractivity contribution in [2.75, 3.05) is 29.1 Å². The molecule has 2 heterocycles. The molecule has 1 saturated heterocycles. The van der Waals surface area contributed by atoms with Crippen molar-refractivity contribution in [2.24, 2.45) is 0 Å². The van der Waals surface area contributed by atoms with Gasteiger partial charge in [-0.05, 0) is 54.8 Å². The van der Waals surface area contributed by atoms with Crippen LogP contribution in [0.1, 0.15) is 18.4 Å². The molecule has 1 aromatic heterocycles. The van der Waals surface area contributed by atoms with Crippen LogP contribution >= 0.6 is 0 Å². The number of amides is 4. The first-order valence-corrected chi connectivity index (χ1v) is 11.0. The van der Waals surface area contributed by atoms with E-state index < -0.39 is 0 Å². The maximum Gasteiger partial charge on any atom is 0.323 e. The summed E-state index contributed by atoms with van der Waals surface area (Å²) in [6.07, 6.45) is 5.44. The number of ether oxygens (including phenoxy) is 1. The van der Waals surface area contributed by atoms with Crippen molar-refractivity contribution in [3.8, 4) is 0 Å². The summed E-state index contributed by atoms with van der Waals surface area (Å²) in [5, 5.41) is 8.50. The van der Waals surface area contributed by atoms with Crippen LogP contribution in [-0.2, 0) is 11.3 Å². The molecule has 33 heavy (non-hydrogen) atoms. The molecule has 8 nitrogen and oxygen atoms in total. The predicted octanol–water partition coefficient (Wildman–Crippen LogP) is 4.94. The molecule has 1 unspecified atom stereocenters. The van der Waals surface area contributed by atoms with Crippen LogP contribution in [0.25, 0.3) is 0 Å². The topological polar surface area (TPSA) is 95.6 Å². The van der Waals surface area contributed by atoms with Gasteiger partial charge < -0.3 is 25.6 Å². The summed E-state index contributed by atoms with van der Waals surface area (Å²) < 4.78 is 5.74. The van der Waals surface area contributed by atoms with Crippen molar-refractivity contribution in [3.05, 3.63) is 84.7 Å². The lowest BCUT2D eigenvalue weighted by Gasteiger charge is -2.26. The van der Waals surface area contributed by atoms with E-state index in [2.05, 4.69) is 20.9 Å². The van der Waals surface area contributed by atoms with Gasteiger partial charge in [0.15, 0.2) is 0 Å². The molecular weight excluding hydrogens is 418 g/mol. The second-order valence-corrected chi connectivity index (χ2v) is 7.83. The van der Waals surface area contributed by atoms with Crippen LogP contribution in [0.3, 0.4) is 0 Å². The molecule has 1 aliphatic heterocycles. The lowest BCUT2D eigenvalue weighted by atomic mass is 10.2. The Morgan fingerprint density at radius 1 is 0.939 bits per heavy atom. The Labute approximate surface area is 193 Å². The standard InChI is InChI=1S/C25H27N5O3/c31-24(27-20-8-2-1-3-9-20)28-21-10-4-11-22(15-21)29-25(32)30(18-23-12-6-14-33-23)17-19-7-5-13-26-16-19/h1-5,7-11,13,15-16,23H,6,12,14,17-18H2,(H,29,32)(H2,27,28,31). The normalized spacial score (nSPS) is 15.0. The van der Waals surface area contributed by atoms with Gasteiger partial charge in [0.05, 0.1) is 6.10 Å². The lowest BCUT2D eigenvalue weighted by Crippen LogP contribution is -2.39. The van der Waals surface area contributed by atoms with Crippen molar-refractivity contribution >= 4 is 29.1 Å². The van der Waals surface area contributed by atoms with Crippen LogP contribution in [-0.4, -0.2) is 41.2 Å². The second-order valence-electron chi connectivity index (χ2n) is 7.83. The Bertz CT molecular complexity index is 1060. The lowest BCUT2D eigenvalue weighted by molar-refractivity contribution is 0.0819. The number of benzene rings is 2. The van der Waals surface area contributed by atoms with Crippen molar-refractivity contribution in [3.63, 3.8) is 0 Å².